The Balaban J connectivity index is 2.35. The number of methoxy groups -OCH3 is 3. The first-order valence-electron chi connectivity index (χ1n) is 7.50. The van der Waals surface area contributed by atoms with Gasteiger partial charge in [0.2, 0.25) is 11.8 Å². The first kappa shape index (κ1) is 17.2. The molecule has 0 saturated heterocycles. The molecule has 0 fully saturated rings. The molecule has 1 aliphatic rings. The van der Waals surface area contributed by atoms with E-state index in [9.17, 15) is 10.1 Å². The Morgan fingerprint density at radius 3 is 2.46 bits per heavy atom. The monoisotopic (exact) mass is 356 g/mol. The quantitative estimate of drug-likeness (QED) is 0.829. The molecule has 26 heavy (non-hydrogen) atoms. The first-order valence-corrected chi connectivity index (χ1v) is 7.50. The van der Waals surface area contributed by atoms with Gasteiger partial charge in [0.15, 0.2) is 11.5 Å². The van der Waals surface area contributed by atoms with Crippen molar-refractivity contribution in [2.45, 2.75) is 5.92 Å². The summed E-state index contributed by atoms with van der Waals surface area (Å²) in [5.41, 5.74) is 6.16. The van der Waals surface area contributed by atoms with Crippen LogP contribution in [0.3, 0.4) is 0 Å². The highest BCUT2D eigenvalue weighted by molar-refractivity contribution is 5.60. The number of hydrogen-bond acceptors (Lipinski definition) is 8. The highest BCUT2D eigenvalue weighted by atomic mass is 16.5. The van der Waals surface area contributed by atoms with Gasteiger partial charge in [-0.25, -0.2) is 4.98 Å². The highest BCUT2D eigenvalue weighted by Crippen LogP contribution is 2.45. The van der Waals surface area contributed by atoms with E-state index >= 15 is 0 Å². The average Bonchev–Trinajstić information content (AvgIpc) is 2.65. The second kappa shape index (κ2) is 6.68. The topological polar surface area (TPSA) is 132 Å². The van der Waals surface area contributed by atoms with Crippen LogP contribution in [-0.4, -0.2) is 31.3 Å². The zero-order chi connectivity index (χ0) is 18.8. The summed E-state index contributed by atoms with van der Waals surface area (Å²) in [6.45, 7) is 0. The van der Waals surface area contributed by atoms with Crippen molar-refractivity contribution in [3.05, 3.63) is 51.4 Å². The number of benzene rings is 1. The van der Waals surface area contributed by atoms with Gasteiger partial charge in [-0.05, 0) is 6.07 Å². The third-order valence-corrected chi connectivity index (χ3v) is 4.07. The Labute approximate surface area is 148 Å². The molecule has 9 heteroatoms. The van der Waals surface area contributed by atoms with Crippen LogP contribution in [0.5, 0.6) is 23.1 Å². The van der Waals surface area contributed by atoms with E-state index in [1.807, 2.05) is 6.07 Å². The van der Waals surface area contributed by atoms with Gasteiger partial charge < -0.3 is 29.7 Å². The van der Waals surface area contributed by atoms with E-state index in [-0.39, 0.29) is 22.9 Å². The molecule has 0 saturated carbocycles. The maximum Gasteiger partial charge on any atom is 0.258 e. The van der Waals surface area contributed by atoms with Gasteiger partial charge in [-0.3, -0.25) is 4.79 Å². The number of allylic oxidation sites excluding steroid dienone is 1. The molecule has 2 heterocycles. The lowest BCUT2D eigenvalue weighted by Gasteiger charge is -2.26. The van der Waals surface area contributed by atoms with E-state index in [1.165, 1.54) is 27.7 Å². The summed E-state index contributed by atoms with van der Waals surface area (Å²) in [5.74, 6) is 0.316. The van der Waals surface area contributed by atoms with Gasteiger partial charge in [0.25, 0.3) is 5.56 Å². The Hall–Kier alpha value is -3.67. The van der Waals surface area contributed by atoms with Gasteiger partial charge in [0.1, 0.15) is 17.4 Å². The number of nitrogens with two attached hydrogens (primary N) is 1. The van der Waals surface area contributed by atoms with Crippen molar-refractivity contribution < 1.29 is 18.9 Å². The van der Waals surface area contributed by atoms with Crippen molar-refractivity contribution in [3.63, 3.8) is 0 Å². The summed E-state index contributed by atoms with van der Waals surface area (Å²) in [6.07, 6.45) is 1.20. The van der Waals surface area contributed by atoms with E-state index < -0.39 is 11.5 Å². The molecule has 0 amide bonds. The van der Waals surface area contributed by atoms with E-state index in [1.54, 1.807) is 12.1 Å². The highest BCUT2D eigenvalue weighted by Gasteiger charge is 2.36. The first-order chi connectivity index (χ1) is 12.5. The Kier molecular flexibility index (Phi) is 4.41. The number of nitriles is 1. The minimum Gasteiger partial charge on any atom is -0.496 e. The van der Waals surface area contributed by atoms with Gasteiger partial charge in [-0.2, -0.15) is 5.26 Å². The summed E-state index contributed by atoms with van der Waals surface area (Å²) in [5, 5.41) is 9.60. The normalized spacial score (nSPS) is 15.5. The molecule has 9 nitrogen and oxygen atoms in total. The molecule has 0 unspecified atom stereocenters. The largest absolute Gasteiger partial charge is 0.496 e. The van der Waals surface area contributed by atoms with Gasteiger partial charge in [0, 0.05) is 11.6 Å². The van der Waals surface area contributed by atoms with Crippen LogP contribution in [0.1, 0.15) is 17.0 Å². The molecule has 1 aromatic carbocycles. The fraction of sp³-hybridized carbons (Fsp3) is 0.235. The van der Waals surface area contributed by atoms with Crippen molar-refractivity contribution in [2.24, 2.45) is 5.73 Å². The summed E-state index contributed by atoms with van der Waals surface area (Å²) in [6, 6.07) is 5.25. The second-order valence-corrected chi connectivity index (χ2v) is 5.32. The number of hydrogen-bond donors (Lipinski definition) is 2. The lowest BCUT2D eigenvalue weighted by molar-refractivity contribution is 0.345. The zero-order valence-corrected chi connectivity index (χ0v) is 14.3. The number of fused-ring (bicyclic) bond motifs is 1. The predicted molar refractivity (Wildman–Crippen MR) is 90.3 cm³/mol. The third kappa shape index (κ3) is 2.57. The molecule has 0 aliphatic carbocycles. The molecule has 0 radical (unpaired) electrons. The molecular formula is C17H16N4O5. The second-order valence-electron chi connectivity index (χ2n) is 5.32. The molecular weight excluding hydrogens is 340 g/mol. The summed E-state index contributed by atoms with van der Waals surface area (Å²) >= 11 is 0. The molecule has 3 rings (SSSR count). The lowest BCUT2D eigenvalue weighted by atomic mass is 9.84. The maximum atomic E-state index is 12.4. The maximum absolute atomic E-state index is 12.4. The van der Waals surface area contributed by atoms with Crippen LogP contribution in [0.15, 0.2) is 34.7 Å². The Morgan fingerprint density at radius 1 is 1.19 bits per heavy atom. The smallest absolute Gasteiger partial charge is 0.258 e. The molecule has 1 aliphatic heterocycles. The predicted octanol–water partition coefficient (Wildman–Crippen LogP) is 1.01. The molecule has 1 aromatic heterocycles. The van der Waals surface area contributed by atoms with Crippen LogP contribution in [0.4, 0.5) is 0 Å². The number of H-pyrrole nitrogens is 1. The van der Waals surface area contributed by atoms with E-state index in [2.05, 4.69) is 9.97 Å². The van der Waals surface area contributed by atoms with Gasteiger partial charge in [0.05, 0.1) is 39.1 Å². The number of ether oxygens (including phenoxy) is 4. The fourth-order valence-corrected chi connectivity index (χ4v) is 2.88. The molecule has 1 atom stereocenters. The standard InChI is InChI=1S/C17H16N4O5/c1-23-10-5-12(25-3)11(24-2)4-8(10)13-9(6-18)15(19)26-17-14(13)16(22)20-7-21-17/h4-5,7,13H,19H2,1-3H3,(H,20,21,22)/t13-/m0/s1. The molecule has 0 spiro atoms. The fourth-order valence-electron chi connectivity index (χ4n) is 2.88. The number of nitrogens with one attached hydrogen (secondary N) is 1. The van der Waals surface area contributed by atoms with Crippen LogP contribution in [0, 0.1) is 11.3 Å². The van der Waals surface area contributed by atoms with Crippen LogP contribution in [0.25, 0.3) is 0 Å². The molecule has 2 aromatic rings. The molecule has 3 N–H and O–H groups in total. The van der Waals surface area contributed by atoms with Crippen LogP contribution >= 0.6 is 0 Å². The lowest BCUT2D eigenvalue weighted by Crippen LogP contribution is -2.28. The van der Waals surface area contributed by atoms with Gasteiger partial charge in [-0.15, -0.1) is 0 Å². The number of nitrogens with zero attached hydrogens (tertiary/aromatic N) is 2. The van der Waals surface area contributed by atoms with Crippen molar-refractivity contribution >= 4 is 0 Å². The van der Waals surface area contributed by atoms with Gasteiger partial charge in [-0.1, -0.05) is 0 Å². The van der Waals surface area contributed by atoms with Crippen molar-refractivity contribution in [1.29, 1.82) is 5.26 Å². The van der Waals surface area contributed by atoms with Crippen LogP contribution in [-0.2, 0) is 0 Å². The van der Waals surface area contributed by atoms with Crippen molar-refractivity contribution in [1.82, 2.24) is 9.97 Å². The summed E-state index contributed by atoms with van der Waals surface area (Å²) in [4.78, 5) is 18.9. The van der Waals surface area contributed by atoms with Gasteiger partial charge >= 0.3 is 0 Å². The van der Waals surface area contributed by atoms with E-state index in [0.29, 0.717) is 22.8 Å². The van der Waals surface area contributed by atoms with E-state index in [0.717, 1.165) is 0 Å². The average molecular weight is 356 g/mol. The van der Waals surface area contributed by atoms with E-state index in [4.69, 9.17) is 24.7 Å². The molecule has 0 bridgehead atoms. The summed E-state index contributed by atoms with van der Waals surface area (Å²) in [7, 11) is 4.45. The third-order valence-electron chi connectivity index (χ3n) is 4.07. The Bertz CT molecular complexity index is 990. The van der Waals surface area contributed by atoms with Crippen molar-refractivity contribution in [3.8, 4) is 29.2 Å². The molecule has 134 valence electrons. The van der Waals surface area contributed by atoms with Crippen LogP contribution in [0.2, 0.25) is 0 Å². The summed E-state index contributed by atoms with van der Waals surface area (Å²) < 4.78 is 21.4. The number of aromatic amines is 1. The number of aromatic nitrogens is 2. The van der Waals surface area contributed by atoms with Crippen LogP contribution < -0.4 is 30.2 Å². The number of rotatable bonds is 4. The van der Waals surface area contributed by atoms with Crippen molar-refractivity contribution in [2.75, 3.05) is 21.3 Å². The minimum absolute atomic E-state index is 0.0343. The minimum atomic E-state index is -0.837. The zero-order valence-electron chi connectivity index (χ0n) is 14.3. The Morgan fingerprint density at radius 2 is 1.85 bits per heavy atom. The SMILES string of the molecule is COc1cc(OC)c([C@H]2C(C#N)=C(N)Oc3nc[nH]c(=O)c32)cc1OC.